The highest BCUT2D eigenvalue weighted by Crippen LogP contribution is 2.27. The molecule has 1 N–H and O–H groups in total. The van der Waals surface area contributed by atoms with Gasteiger partial charge in [-0.15, -0.1) is 0 Å². The minimum Gasteiger partial charge on any atom is -0.497 e. The fourth-order valence-corrected chi connectivity index (χ4v) is 2.12. The van der Waals surface area contributed by atoms with E-state index in [1.54, 1.807) is 7.11 Å². The van der Waals surface area contributed by atoms with Crippen LogP contribution in [0.2, 0.25) is 0 Å². The molecule has 0 aliphatic carbocycles. The van der Waals surface area contributed by atoms with E-state index >= 15 is 0 Å². The number of nitrogens with zero attached hydrogens (tertiary/aromatic N) is 2. The second-order valence-corrected chi connectivity index (χ2v) is 4.69. The van der Waals surface area contributed by atoms with E-state index in [2.05, 4.69) is 16.4 Å². The predicted molar refractivity (Wildman–Crippen MR) is 79.4 cm³/mol. The third-order valence-electron chi connectivity index (χ3n) is 3.14. The molecule has 2 rings (SSSR count). The van der Waals surface area contributed by atoms with Crippen LogP contribution in [-0.2, 0) is 0 Å². The molecule has 1 heterocycles. The van der Waals surface area contributed by atoms with Crippen LogP contribution in [0.25, 0.3) is 0 Å². The van der Waals surface area contributed by atoms with Gasteiger partial charge < -0.3 is 10.1 Å². The van der Waals surface area contributed by atoms with Crippen molar-refractivity contribution in [2.45, 2.75) is 20.8 Å². The van der Waals surface area contributed by atoms with Crippen LogP contribution in [-0.4, -0.2) is 12.1 Å². The lowest BCUT2D eigenvalue weighted by atomic mass is 10.1. The SMILES string of the molecule is COc1ccc(Nc2cc(C)nc(C)c2C#N)c(C)c1. The first-order valence-corrected chi connectivity index (χ1v) is 6.35. The average Bonchev–Trinajstić information content (AvgIpc) is 2.40. The number of anilines is 2. The lowest BCUT2D eigenvalue weighted by Crippen LogP contribution is -2.01. The Morgan fingerprint density at radius 3 is 2.50 bits per heavy atom. The van der Waals surface area contributed by atoms with Gasteiger partial charge in [-0.05, 0) is 50.6 Å². The topological polar surface area (TPSA) is 57.9 Å². The Morgan fingerprint density at radius 2 is 1.90 bits per heavy atom. The molecule has 0 radical (unpaired) electrons. The van der Waals surface area contributed by atoms with Gasteiger partial charge in [-0.25, -0.2) is 0 Å². The fraction of sp³-hybridized carbons (Fsp3) is 0.250. The minimum absolute atomic E-state index is 0.575. The summed E-state index contributed by atoms with van der Waals surface area (Å²) in [5.41, 5.74) is 4.99. The Kier molecular flexibility index (Phi) is 3.90. The molecule has 1 aromatic heterocycles. The third-order valence-corrected chi connectivity index (χ3v) is 3.14. The number of nitrogens with one attached hydrogen (secondary N) is 1. The predicted octanol–water partition coefficient (Wildman–Crippen LogP) is 3.63. The average molecular weight is 267 g/mol. The van der Waals surface area contributed by atoms with Gasteiger partial charge in [0.05, 0.1) is 24.1 Å². The number of hydrogen-bond acceptors (Lipinski definition) is 4. The van der Waals surface area contributed by atoms with E-state index in [9.17, 15) is 5.26 Å². The monoisotopic (exact) mass is 267 g/mol. The van der Waals surface area contributed by atoms with Crippen LogP contribution >= 0.6 is 0 Å². The van der Waals surface area contributed by atoms with Gasteiger partial charge in [-0.1, -0.05) is 0 Å². The Balaban J connectivity index is 2.42. The molecule has 2 aromatic rings. The molecule has 0 saturated heterocycles. The Bertz CT molecular complexity index is 687. The highest BCUT2D eigenvalue weighted by atomic mass is 16.5. The minimum atomic E-state index is 0.575. The number of ether oxygens (including phenoxy) is 1. The first-order chi connectivity index (χ1) is 9.55. The van der Waals surface area contributed by atoms with E-state index in [1.165, 1.54) is 0 Å². The number of nitriles is 1. The van der Waals surface area contributed by atoms with E-state index in [1.807, 2.05) is 45.0 Å². The van der Waals surface area contributed by atoms with Gasteiger partial charge in [0.1, 0.15) is 11.8 Å². The summed E-state index contributed by atoms with van der Waals surface area (Å²) >= 11 is 0. The number of benzene rings is 1. The first-order valence-electron chi connectivity index (χ1n) is 6.35. The zero-order valence-electron chi connectivity index (χ0n) is 12.1. The van der Waals surface area contributed by atoms with E-state index in [0.717, 1.165) is 34.1 Å². The van der Waals surface area contributed by atoms with Gasteiger partial charge >= 0.3 is 0 Å². The third kappa shape index (κ3) is 2.72. The van der Waals surface area contributed by atoms with Crippen molar-refractivity contribution in [2.24, 2.45) is 0 Å². The van der Waals surface area contributed by atoms with Crippen LogP contribution in [0, 0.1) is 32.1 Å². The van der Waals surface area contributed by atoms with Crippen molar-refractivity contribution in [3.8, 4) is 11.8 Å². The first kappa shape index (κ1) is 13.9. The van der Waals surface area contributed by atoms with Crippen molar-refractivity contribution in [3.05, 3.63) is 46.8 Å². The fourth-order valence-electron chi connectivity index (χ4n) is 2.12. The highest BCUT2D eigenvalue weighted by molar-refractivity contribution is 5.70. The van der Waals surface area contributed by atoms with Crippen molar-refractivity contribution in [1.82, 2.24) is 4.98 Å². The van der Waals surface area contributed by atoms with E-state index in [0.29, 0.717) is 5.56 Å². The van der Waals surface area contributed by atoms with Gasteiger partial charge in [0.15, 0.2) is 0 Å². The number of rotatable bonds is 3. The summed E-state index contributed by atoms with van der Waals surface area (Å²) in [6.07, 6.45) is 0. The summed E-state index contributed by atoms with van der Waals surface area (Å²) in [5, 5.41) is 12.6. The molecule has 4 heteroatoms. The molecule has 0 saturated carbocycles. The number of aryl methyl sites for hydroxylation is 3. The zero-order chi connectivity index (χ0) is 14.7. The molecular weight excluding hydrogens is 250 g/mol. The maximum atomic E-state index is 9.27. The molecular formula is C16H17N3O. The van der Waals surface area contributed by atoms with Gasteiger partial charge in [-0.3, -0.25) is 4.98 Å². The Hall–Kier alpha value is -2.54. The van der Waals surface area contributed by atoms with Gasteiger partial charge in [0.2, 0.25) is 0 Å². The second kappa shape index (κ2) is 5.62. The summed E-state index contributed by atoms with van der Waals surface area (Å²) in [4.78, 5) is 4.31. The smallest absolute Gasteiger partial charge is 0.119 e. The normalized spacial score (nSPS) is 9.95. The van der Waals surface area contributed by atoms with Crippen LogP contribution < -0.4 is 10.1 Å². The molecule has 0 aliphatic rings. The molecule has 102 valence electrons. The Labute approximate surface area is 119 Å². The van der Waals surface area contributed by atoms with Crippen LogP contribution in [0.3, 0.4) is 0 Å². The molecule has 4 nitrogen and oxygen atoms in total. The second-order valence-electron chi connectivity index (χ2n) is 4.69. The van der Waals surface area contributed by atoms with Crippen molar-refractivity contribution in [3.63, 3.8) is 0 Å². The van der Waals surface area contributed by atoms with Crippen LogP contribution in [0.1, 0.15) is 22.5 Å². The van der Waals surface area contributed by atoms with Crippen molar-refractivity contribution >= 4 is 11.4 Å². The number of methoxy groups -OCH3 is 1. The molecule has 0 unspecified atom stereocenters. The maximum Gasteiger partial charge on any atom is 0.119 e. The van der Waals surface area contributed by atoms with Crippen LogP contribution in [0.4, 0.5) is 11.4 Å². The summed E-state index contributed by atoms with van der Waals surface area (Å²) in [6.45, 7) is 5.76. The lowest BCUT2D eigenvalue weighted by Gasteiger charge is -2.13. The summed E-state index contributed by atoms with van der Waals surface area (Å²) in [7, 11) is 1.64. The summed E-state index contributed by atoms with van der Waals surface area (Å²) < 4.78 is 5.19. The quantitative estimate of drug-likeness (QED) is 0.922. The highest BCUT2D eigenvalue weighted by Gasteiger charge is 2.09. The largest absolute Gasteiger partial charge is 0.497 e. The van der Waals surface area contributed by atoms with Gasteiger partial charge in [0, 0.05) is 11.4 Å². The van der Waals surface area contributed by atoms with E-state index in [4.69, 9.17) is 4.74 Å². The summed E-state index contributed by atoms with van der Waals surface area (Å²) in [6, 6.07) is 9.88. The molecule has 0 spiro atoms. The molecule has 0 amide bonds. The standard InChI is InChI=1S/C16H17N3O/c1-10-7-13(20-4)5-6-15(10)19-16-8-11(2)18-12(3)14(16)9-17/h5-8H,1-4H3,(H,18,19). The molecule has 0 atom stereocenters. The van der Waals surface area contributed by atoms with E-state index in [-0.39, 0.29) is 0 Å². The molecule has 1 aromatic carbocycles. The molecule has 0 fully saturated rings. The van der Waals surface area contributed by atoms with Gasteiger partial charge in [0.25, 0.3) is 0 Å². The van der Waals surface area contributed by atoms with Gasteiger partial charge in [-0.2, -0.15) is 5.26 Å². The van der Waals surface area contributed by atoms with Crippen molar-refractivity contribution in [2.75, 3.05) is 12.4 Å². The van der Waals surface area contributed by atoms with E-state index < -0.39 is 0 Å². The number of hydrogen-bond donors (Lipinski definition) is 1. The molecule has 0 bridgehead atoms. The van der Waals surface area contributed by atoms with Crippen LogP contribution in [0.15, 0.2) is 24.3 Å². The number of pyridine rings is 1. The van der Waals surface area contributed by atoms with Crippen molar-refractivity contribution in [1.29, 1.82) is 5.26 Å². The molecule has 0 aliphatic heterocycles. The number of aromatic nitrogens is 1. The van der Waals surface area contributed by atoms with Crippen LogP contribution in [0.5, 0.6) is 5.75 Å². The zero-order valence-corrected chi connectivity index (χ0v) is 12.1. The summed E-state index contributed by atoms with van der Waals surface area (Å²) in [5.74, 6) is 0.815. The van der Waals surface area contributed by atoms with Crippen molar-refractivity contribution < 1.29 is 4.74 Å². The molecule has 20 heavy (non-hydrogen) atoms. The lowest BCUT2D eigenvalue weighted by molar-refractivity contribution is 0.414. The maximum absolute atomic E-state index is 9.27. The Morgan fingerprint density at radius 1 is 1.15 bits per heavy atom.